The van der Waals surface area contributed by atoms with E-state index in [1.807, 2.05) is 12.1 Å². The van der Waals surface area contributed by atoms with Crippen molar-refractivity contribution in [3.8, 4) is 0 Å². The summed E-state index contributed by atoms with van der Waals surface area (Å²) >= 11 is 0. The first-order valence-electron chi connectivity index (χ1n) is 7.10. The average Bonchev–Trinajstić information content (AvgIpc) is 2.93. The Balaban J connectivity index is 1.59. The molecule has 23 heavy (non-hydrogen) atoms. The molecule has 6 nitrogen and oxygen atoms in total. The van der Waals surface area contributed by atoms with E-state index in [-0.39, 0.29) is 18.4 Å². The predicted molar refractivity (Wildman–Crippen MR) is 86.0 cm³/mol. The highest BCUT2D eigenvalue weighted by Gasteiger charge is 2.10. The average molecular weight is 313 g/mol. The van der Waals surface area contributed by atoms with Crippen LogP contribution in [-0.2, 0) is 13.1 Å². The van der Waals surface area contributed by atoms with Crippen LogP contribution in [-0.4, -0.2) is 16.0 Å². The molecule has 7 heteroatoms. The van der Waals surface area contributed by atoms with Gasteiger partial charge in [0.25, 0.3) is 0 Å². The minimum absolute atomic E-state index is 0.205. The fraction of sp³-hybridized carbons (Fsp3) is 0.125. The number of hydrogen-bond acceptors (Lipinski definition) is 3. The zero-order valence-corrected chi connectivity index (χ0v) is 12.3. The number of aromatic nitrogens is 2. The van der Waals surface area contributed by atoms with Gasteiger partial charge in [-0.15, -0.1) is 0 Å². The molecule has 0 aliphatic heterocycles. The van der Waals surface area contributed by atoms with Gasteiger partial charge in [0.15, 0.2) is 0 Å². The molecule has 5 N–H and O–H groups in total. The van der Waals surface area contributed by atoms with E-state index in [1.54, 1.807) is 24.4 Å². The Hall–Kier alpha value is -3.09. The van der Waals surface area contributed by atoms with Crippen LogP contribution < -0.4 is 16.4 Å². The number of rotatable bonds is 4. The van der Waals surface area contributed by atoms with Crippen molar-refractivity contribution in [1.29, 1.82) is 0 Å². The summed E-state index contributed by atoms with van der Waals surface area (Å²) in [5.74, 6) is -0.384. The number of nitrogens with two attached hydrogens (primary N) is 1. The first-order chi connectivity index (χ1) is 11.1. The zero-order valence-electron chi connectivity index (χ0n) is 12.3. The van der Waals surface area contributed by atoms with Crippen molar-refractivity contribution in [3.05, 3.63) is 59.7 Å². The lowest BCUT2D eigenvalue weighted by Crippen LogP contribution is -2.34. The molecule has 118 valence electrons. The molecule has 2 amide bonds. The van der Waals surface area contributed by atoms with E-state index < -0.39 is 0 Å². The van der Waals surface area contributed by atoms with Crippen LogP contribution in [0.3, 0.4) is 0 Å². The zero-order chi connectivity index (χ0) is 16.2. The number of carbonyl (C=O) groups is 1. The van der Waals surface area contributed by atoms with E-state index in [9.17, 15) is 9.18 Å². The van der Waals surface area contributed by atoms with Crippen molar-refractivity contribution in [2.75, 3.05) is 5.73 Å². The molecular weight excluding hydrogens is 297 g/mol. The molecule has 0 fully saturated rings. The van der Waals surface area contributed by atoms with Crippen molar-refractivity contribution in [2.24, 2.45) is 0 Å². The number of benzene rings is 1. The second kappa shape index (κ2) is 6.35. The maximum atomic E-state index is 13.7. The van der Waals surface area contributed by atoms with Crippen LogP contribution in [0.25, 0.3) is 11.0 Å². The number of hydrogen-bond donors (Lipinski definition) is 4. The summed E-state index contributed by atoms with van der Waals surface area (Å²) in [6.07, 6.45) is 2.82. The molecule has 0 unspecified atom stereocenters. The number of nitrogens with one attached hydrogen (secondary N) is 3. The highest BCUT2D eigenvalue weighted by Crippen LogP contribution is 2.19. The molecule has 0 radical (unpaired) electrons. The lowest BCUT2D eigenvalue weighted by molar-refractivity contribution is 0.240. The summed E-state index contributed by atoms with van der Waals surface area (Å²) in [6.45, 7) is 0.567. The highest BCUT2D eigenvalue weighted by molar-refractivity contribution is 5.81. The summed E-state index contributed by atoms with van der Waals surface area (Å²) in [5, 5.41) is 5.83. The number of carbonyl (C=O) groups excluding carboxylic acids is 1. The molecule has 3 aromatic rings. The Labute approximate surface area is 131 Å². The number of nitrogen functional groups attached to an aromatic ring is 1. The standard InChI is InChI=1S/C16H16FN5O/c17-13-9-20-15-14(13)11(4-5-19-15)8-22-16(23)21-7-10-2-1-3-12(18)6-10/h1-6,9H,7-8,18H2,(H,19,20)(H2,21,22,23). The van der Waals surface area contributed by atoms with Gasteiger partial charge in [-0.05, 0) is 29.3 Å². The van der Waals surface area contributed by atoms with Gasteiger partial charge in [-0.3, -0.25) is 0 Å². The summed E-state index contributed by atoms with van der Waals surface area (Å²) in [7, 11) is 0. The van der Waals surface area contributed by atoms with Crippen molar-refractivity contribution in [1.82, 2.24) is 20.6 Å². The quantitative estimate of drug-likeness (QED) is 0.556. The van der Waals surface area contributed by atoms with Crippen LogP contribution in [0, 0.1) is 5.82 Å². The second-order valence-electron chi connectivity index (χ2n) is 5.11. The minimum atomic E-state index is -0.384. The van der Waals surface area contributed by atoms with Gasteiger partial charge in [0.05, 0.1) is 5.39 Å². The van der Waals surface area contributed by atoms with Crippen LogP contribution in [0.5, 0.6) is 0 Å². The number of nitrogens with zero attached hydrogens (tertiary/aromatic N) is 1. The van der Waals surface area contributed by atoms with Crippen molar-refractivity contribution >= 4 is 22.8 Å². The van der Waals surface area contributed by atoms with E-state index in [1.165, 1.54) is 6.20 Å². The maximum absolute atomic E-state index is 13.7. The largest absolute Gasteiger partial charge is 0.399 e. The lowest BCUT2D eigenvalue weighted by atomic mass is 10.2. The van der Waals surface area contributed by atoms with Crippen LogP contribution >= 0.6 is 0 Å². The summed E-state index contributed by atoms with van der Waals surface area (Å²) in [5.41, 5.74) is 8.35. The predicted octanol–water partition coefficient (Wildman–Crippen LogP) is 2.28. The fourth-order valence-corrected chi connectivity index (χ4v) is 2.35. The molecule has 0 bridgehead atoms. The number of halogens is 1. The van der Waals surface area contributed by atoms with Crippen molar-refractivity contribution in [3.63, 3.8) is 0 Å². The van der Waals surface area contributed by atoms with Gasteiger partial charge in [-0.25, -0.2) is 14.2 Å². The number of fused-ring (bicyclic) bond motifs is 1. The number of pyridine rings is 1. The molecule has 0 saturated carbocycles. The molecule has 0 saturated heterocycles. The SMILES string of the molecule is Nc1cccc(CNC(=O)NCc2ccnc3[nH]cc(F)c23)c1. The Bertz CT molecular complexity index is 845. The van der Waals surface area contributed by atoms with Crippen LogP contribution in [0.2, 0.25) is 0 Å². The van der Waals surface area contributed by atoms with E-state index in [4.69, 9.17) is 5.73 Å². The number of aromatic amines is 1. The van der Waals surface area contributed by atoms with Crippen molar-refractivity contribution < 1.29 is 9.18 Å². The first kappa shape index (κ1) is 14.8. The molecule has 0 spiro atoms. The first-order valence-corrected chi connectivity index (χ1v) is 7.10. The number of amides is 2. The summed E-state index contributed by atoms with van der Waals surface area (Å²) < 4.78 is 13.7. The molecule has 0 aliphatic carbocycles. The number of H-pyrrole nitrogens is 1. The monoisotopic (exact) mass is 313 g/mol. The van der Waals surface area contributed by atoms with Crippen LogP contribution in [0.15, 0.2) is 42.7 Å². The smallest absolute Gasteiger partial charge is 0.315 e. The fourth-order valence-electron chi connectivity index (χ4n) is 2.35. The van der Waals surface area contributed by atoms with Gasteiger partial charge in [0.2, 0.25) is 0 Å². The third kappa shape index (κ3) is 3.39. The topological polar surface area (TPSA) is 95.8 Å². The Morgan fingerprint density at radius 1 is 1.26 bits per heavy atom. The van der Waals surface area contributed by atoms with Crippen molar-refractivity contribution in [2.45, 2.75) is 13.1 Å². The second-order valence-corrected chi connectivity index (χ2v) is 5.11. The molecule has 0 atom stereocenters. The van der Waals surface area contributed by atoms with E-state index in [0.717, 1.165) is 5.56 Å². The summed E-state index contributed by atoms with van der Waals surface area (Å²) in [6, 6.07) is 8.61. The maximum Gasteiger partial charge on any atom is 0.315 e. The van der Waals surface area contributed by atoms with Crippen LogP contribution in [0.4, 0.5) is 14.9 Å². The third-order valence-corrected chi connectivity index (χ3v) is 3.46. The molecule has 3 rings (SSSR count). The van der Waals surface area contributed by atoms with E-state index in [2.05, 4.69) is 20.6 Å². The van der Waals surface area contributed by atoms with Gasteiger partial charge in [-0.2, -0.15) is 0 Å². The van der Waals surface area contributed by atoms with E-state index in [0.29, 0.717) is 28.8 Å². The molecule has 0 aliphatic rings. The highest BCUT2D eigenvalue weighted by atomic mass is 19.1. The van der Waals surface area contributed by atoms with Gasteiger partial charge in [0, 0.05) is 31.2 Å². The summed E-state index contributed by atoms with van der Waals surface area (Å²) in [4.78, 5) is 18.6. The minimum Gasteiger partial charge on any atom is -0.399 e. The third-order valence-electron chi connectivity index (χ3n) is 3.46. The van der Waals surface area contributed by atoms with Gasteiger partial charge in [0.1, 0.15) is 11.5 Å². The van der Waals surface area contributed by atoms with Crippen LogP contribution in [0.1, 0.15) is 11.1 Å². The van der Waals surface area contributed by atoms with Gasteiger partial charge >= 0.3 is 6.03 Å². The van der Waals surface area contributed by atoms with Gasteiger partial charge < -0.3 is 21.4 Å². The lowest BCUT2D eigenvalue weighted by Gasteiger charge is -2.09. The normalized spacial score (nSPS) is 10.7. The molecular formula is C16H16FN5O. The Kier molecular flexibility index (Phi) is 4.09. The Morgan fingerprint density at radius 2 is 2.09 bits per heavy atom. The Morgan fingerprint density at radius 3 is 2.91 bits per heavy atom. The van der Waals surface area contributed by atoms with E-state index >= 15 is 0 Å². The molecule has 2 aromatic heterocycles. The number of urea groups is 1. The van der Waals surface area contributed by atoms with Gasteiger partial charge in [-0.1, -0.05) is 12.1 Å². The number of anilines is 1. The molecule has 1 aromatic carbocycles. The molecule has 2 heterocycles.